The van der Waals surface area contributed by atoms with Gasteiger partial charge in [0.2, 0.25) is 17.5 Å². The third kappa shape index (κ3) is 3.07. The zero-order valence-corrected chi connectivity index (χ0v) is 15.4. The van der Waals surface area contributed by atoms with E-state index in [0.29, 0.717) is 17.5 Å². The molecule has 0 aliphatic carbocycles. The van der Waals surface area contributed by atoms with Gasteiger partial charge in [-0.25, -0.2) is 0 Å². The number of nitrogens with two attached hydrogens (primary N) is 1. The van der Waals surface area contributed by atoms with Gasteiger partial charge < -0.3 is 20.3 Å². The number of aryl methyl sites for hydroxylation is 1. The Morgan fingerprint density at radius 2 is 2.29 bits per heavy atom. The molecule has 0 spiro atoms. The van der Waals surface area contributed by atoms with Crippen molar-refractivity contribution in [2.75, 3.05) is 7.11 Å². The van der Waals surface area contributed by atoms with Gasteiger partial charge in [-0.2, -0.15) is 5.26 Å². The smallest absolute Gasteiger partial charge is 0.315 e. The summed E-state index contributed by atoms with van der Waals surface area (Å²) in [5.74, 6) is -1.35. The summed E-state index contributed by atoms with van der Waals surface area (Å²) in [7, 11) is 1.23. The molecular formula is C18H19N5O5. The SMILES string of the molecule is CCCCc1[nH]nc2c1C(c1cc(O)c(OC)c([N+](=O)[O-])c1)C(C#N)=C(N)O2. The fourth-order valence-corrected chi connectivity index (χ4v) is 3.32. The van der Waals surface area contributed by atoms with E-state index in [1.54, 1.807) is 0 Å². The number of fused-ring (bicyclic) bond motifs is 1. The van der Waals surface area contributed by atoms with E-state index in [2.05, 4.69) is 10.2 Å². The molecule has 0 bridgehead atoms. The minimum absolute atomic E-state index is 0.0884. The Morgan fingerprint density at radius 1 is 1.54 bits per heavy atom. The maximum Gasteiger partial charge on any atom is 0.315 e. The largest absolute Gasteiger partial charge is 0.504 e. The molecule has 2 aromatic rings. The maximum absolute atomic E-state index is 11.5. The van der Waals surface area contributed by atoms with Gasteiger partial charge in [0, 0.05) is 17.3 Å². The monoisotopic (exact) mass is 385 g/mol. The van der Waals surface area contributed by atoms with E-state index >= 15 is 0 Å². The number of aromatic amines is 1. The summed E-state index contributed by atoms with van der Waals surface area (Å²) in [6.07, 6.45) is 2.47. The van der Waals surface area contributed by atoms with Crippen molar-refractivity contribution in [3.63, 3.8) is 0 Å². The highest BCUT2D eigenvalue weighted by molar-refractivity contribution is 5.63. The number of H-pyrrole nitrogens is 1. The standard InChI is InChI=1S/C18H19N5O5/c1-3-4-5-11-15-14(10(8-19)17(20)28-18(15)22-21-11)9-6-12(23(25)26)16(27-2)13(24)7-9/h6-7,14,24H,3-5,20H2,1-2H3,(H,21,22). The van der Waals surface area contributed by atoms with Crippen LogP contribution in [0.4, 0.5) is 5.69 Å². The number of ether oxygens (including phenoxy) is 2. The number of phenolic OH excluding ortho intramolecular Hbond substituents is 1. The van der Waals surface area contributed by atoms with Crippen molar-refractivity contribution in [1.29, 1.82) is 5.26 Å². The first-order valence-electron chi connectivity index (χ1n) is 8.62. The molecule has 1 aromatic heterocycles. The summed E-state index contributed by atoms with van der Waals surface area (Å²) >= 11 is 0. The Kier molecular flexibility index (Phi) is 5.08. The molecule has 1 aromatic carbocycles. The molecule has 1 aliphatic rings. The highest BCUT2D eigenvalue weighted by atomic mass is 16.6. The number of allylic oxidation sites excluding steroid dienone is 1. The van der Waals surface area contributed by atoms with Gasteiger partial charge in [-0.15, -0.1) is 5.10 Å². The van der Waals surface area contributed by atoms with Gasteiger partial charge >= 0.3 is 5.69 Å². The van der Waals surface area contributed by atoms with E-state index in [9.17, 15) is 20.5 Å². The van der Waals surface area contributed by atoms with Crippen LogP contribution in [0.5, 0.6) is 17.4 Å². The summed E-state index contributed by atoms with van der Waals surface area (Å²) < 4.78 is 10.4. The number of methoxy groups -OCH3 is 1. The molecule has 4 N–H and O–H groups in total. The zero-order valence-electron chi connectivity index (χ0n) is 15.4. The van der Waals surface area contributed by atoms with Gasteiger partial charge in [0.25, 0.3) is 0 Å². The van der Waals surface area contributed by atoms with Crippen molar-refractivity contribution in [2.45, 2.75) is 32.1 Å². The predicted octanol–water partition coefficient (Wildman–Crippen LogP) is 2.59. The van der Waals surface area contributed by atoms with E-state index in [1.807, 2.05) is 13.0 Å². The van der Waals surface area contributed by atoms with Crippen LogP contribution in [0.2, 0.25) is 0 Å². The van der Waals surface area contributed by atoms with Crippen LogP contribution in [0.3, 0.4) is 0 Å². The van der Waals surface area contributed by atoms with Crippen molar-refractivity contribution < 1.29 is 19.5 Å². The highest BCUT2D eigenvalue weighted by Gasteiger charge is 2.37. The summed E-state index contributed by atoms with van der Waals surface area (Å²) in [6.45, 7) is 2.04. The molecule has 1 atom stereocenters. The zero-order chi connectivity index (χ0) is 20.4. The van der Waals surface area contributed by atoms with Crippen LogP contribution >= 0.6 is 0 Å². The molecule has 1 unspecified atom stereocenters. The van der Waals surface area contributed by atoms with E-state index in [1.165, 1.54) is 19.2 Å². The number of benzene rings is 1. The fraction of sp³-hybridized carbons (Fsp3) is 0.333. The van der Waals surface area contributed by atoms with E-state index < -0.39 is 22.3 Å². The molecule has 3 rings (SSSR count). The molecule has 0 fully saturated rings. The van der Waals surface area contributed by atoms with E-state index in [4.69, 9.17) is 15.2 Å². The van der Waals surface area contributed by atoms with Gasteiger partial charge in [-0.3, -0.25) is 15.2 Å². The normalized spacial score (nSPS) is 15.5. The predicted molar refractivity (Wildman–Crippen MR) is 97.8 cm³/mol. The first-order chi connectivity index (χ1) is 13.4. The first-order valence-corrected chi connectivity index (χ1v) is 8.62. The van der Waals surface area contributed by atoms with Gasteiger partial charge in [0.1, 0.15) is 11.6 Å². The van der Waals surface area contributed by atoms with Crippen LogP contribution in [0, 0.1) is 21.4 Å². The third-order valence-electron chi connectivity index (χ3n) is 4.60. The minimum Gasteiger partial charge on any atom is -0.504 e. The molecule has 28 heavy (non-hydrogen) atoms. The number of aromatic hydroxyl groups is 1. The Hall–Kier alpha value is -3.74. The Bertz CT molecular complexity index is 1000. The number of nitro benzene ring substituents is 1. The minimum atomic E-state index is -0.769. The number of nitrogens with one attached hydrogen (secondary N) is 1. The molecule has 146 valence electrons. The van der Waals surface area contributed by atoms with Gasteiger partial charge in [-0.1, -0.05) is 13.3 Å². The van der Waals surface area contributed by atoms with Crippen LogP contribution in [-0.4, -0.2) is 27.3 Å². The molecule has 10 nitrogen and oxygen atoms in total. The Morgan fingerprint density at radius 3 is 2.89 bits per heavy atom. The summed E-state index contributed by atoms with van der Waals surface area (Å²) in [4.78, 5) is 10.8. The van der Waals surface area contributed by atoms with Crippen molar-refractivity contribution >= 4 is 5.69 Å². The molecule has 2 heterocycles. The van der Waals surface area contributed by atoms with Crippen LogP contribution in [-0.2, 0) is 6.42 Å². The quantitative estimate of drug-likeness (QED) is 0.505. The summed E-state index contributed by atoms with van der Waals surface area (Å²) in [6, 6.07) is 4.61. The molecular weight excluding hydrogens is 366 g/mol. The first kappa shape index (κ1) is 19.0. The number of unbranched alkanes of at least 4 members (excludes halogenated alkanes) is 1. The van der Waals surface area contributed by atoms with Gasteiger partial charge in [-0.05, 0) is 24.5 Å². The average molecular weight is 385 g/mol. The number of nitrogens with zero attached hydrogens (tertiary/aromatic N) is 3. The number of rotatable bonds is 6. The van der Waals surface area contributed by atoms with Crippen molar-refractivity contribution in [1.82, 2.24) is 10.2 Å². The highest BCUT2D eigenvalue weighted by Crippen LogP contribution is 2.47. The Balaban J connectivity index is 2.24. The molecule has 0 amide bonds. The number of hydrogen-bond acceptors (Lipinski definition) is 8. The molecule has 0 saturated carbocycles. The summed E-state index contributed by atoms with van der Waals surface area (Å²) in [5.41, 5.74) is 7.21. The van der Waals surface area contributed by atoms with Crippen molar-refractivity contribution in [3.05, 3.63) is 50.5 Å². The van der Waals surface area contributed by atoms with Crippen LogP contribution in [0.1, 0.15) is 42.5 Å². The fourth-order valence-electron chi connectivity index (χ4n) is 3.32. The number of nitriles is 1. The van der Waals surface area contributed by atoms with Crippen molar-refractivity contribution in [2.24, 2.45) is 5.73 Å². The lowest BCUT2D eigenvalue weighted by atomic mass is 9.83. The second kappa shape index (κ2) is 7.48. The summed E-state index contributed by atoms with van der Waals surface area (Å²) in [5, 5.41) is 38.4. The number of phenols is 1. The second-order valence-electron chi connectivity index (χ2n) is 6.30. The van der Waals surface area contributed by atoms with E-state index in [-0.39, 0.29) is 23.1 Å². The molecule has 10 heteroatoms. The number of nitro groups is 1. The second-order valence-corrected chi connectivity index (χ2v) is 6.30. The van der Waals surface area contributed by atoms with Gasteiger partial charge in [0.15, 0.2) is 5.75 Å². The molecule has 0 radical (unpaired) electrons. The lowest BCUT2D eigenvalue weighted by Crippen LogP contribution is -2.21. The molecule has 0 saturated heterocycles. The lowest BCUT2D eigenvalue weighted by Gasteiger charge is -2.24. The number of aromatic nitrogens is 2. The Labute approximate surface area is 160 Å². The topological polar surface area (TPSA) is 160 Å². The average Bonchev–Trinajstić information content (AvgIpc) is 3.06. The van der Waals surface area contributed by atoms with E-state index in [0.717, 1.165) is 18.5 Å². The lowest BCUT2D eigenvalue weighted by molar-refractivity contribution is -0.385. The third-order valence-corrected chi connectivity index (χ3v) is 4.60. The van der Waals surface area contributed by atoms with Crippen molar-refractivity contribution in [3.8, 4) is 23.4 Å². The number of hydrogen-bond donors (Lipinski definition) is 3. The van der Waals surface area contributed by atoms with Crippen LogP contribution in [0.15, 0.2) is 23.6 Å². The maximum atomic E-state index is 11.5. The van der Waals surface area contributed by atoms with Crippen LogP contribution < -0.4 is 15.2 Å². The van der Waals surface area contributed by atoms with Crippen LogP contribution in [0.25, 0.3) is 0 Å². The molecule has 1 aliphatic heterocycles. The van der Waals surface area contributed by atoms with Gasteiger partial charge in [0.05, 0.1) is 18.0 Å².